The maximum atomic E-state index is 3.70. The maximum Gasteiger partial charge on any atom is 0.0121 e. The van der Waals surface area contributed by atoms with E-state index in [-0.39, 0.29) is 0 Å². The highest BCUT2D eigenvalue weighted by Crippen LogP contribution is 2.37. The Hall–Kier alpha value is -0.0400. The second-order valence-corrected chi connectivity index (χ2v) is 5.89. The van der Waals surface area contributed by atoms with E-state index in [0.29, 0.717) is 0 Å². The molecule has 15 heavy (non-hydrogen) atoms. The molecule has 0 aromatic rings. The molecule has 1 aliphatic carbocycles. The van der Waals surface area contributed by atoms with Crippen LogP contribution in [0.3, 0.4) is 0 Å². The minimum absolute atomic E-state index is 0.734. The van der Waals surface area contributed by atoms with E-state index in [1.807, 2.05) is 0 Å². The van der Waals surface area contributed by atoms with E-state index in [0.717, 1.165) is 36.3 Å². The van der Waals surface area contributed by atoms with Crippen molar-refractivity contribution in [3.05, 3.63) is 0 Å². The molecule has 1 aliphatic rings. The van der Waals surface area contributed by atoms with Gasteiger partial charge < -0.3 is 5.32 Å². The van der Waals surface area contributed by atoms with Gasteiger partial charge in [0.25, 0.3) is 0 Å². The van der Waals surface area contributed by atoms with Gasteiger partial charge in [0.2, 0.25) is 0 Å². The standard InChI is InChI=1S/C14H29N/c1-6-15-14(10(2)3)13-8-7-11(4)9-12(13)5/h10-15H,6-9H2,1-5H3. The molecule has 0 aromatic heterocycles. The normalized spacial score (nSPS) is 34.4. The summed E-state index contributed by atoms with van der Waals surface area (Å²) >= 11 is 0. The number of hydrogen-bond acceptors (Lipinski definition) is 1. The second kappa shape index (κ2) is 5.89. The van der Waals surface area contributed by atoms with Crippen molar-refractivity contribution in [1.29, 1.82) is 0 Å². The summed E-state index contributed by atoms with van der Waals surface area (Å²) in [5.74, 6) is 3.53. The second-order valence-electron chi connectivity index (χ2n) is 5.89. The quantitative estimate of drug-likeness (QED) is 0.748. The van der Waals surface area contributed by atoms with Gasteiger partial charge in [0.1, 0.15) is 0 Å². The fraction of sp³-hybridized carbons (Fsp3) is 1.00. The van der Waals surface area contributed by atoms with Crippen molar-refractivity contribution in [1.82, 2.24) is 5.32 Å². The van der Waals surface area contributed by atoms with Crippen LogP contribution in [0.1, 0.15) is 53.9 Å². The van der Waals surface area contributed by atoms with Gasteiger partial charge in [-0.1, -0.05) is 41.0 Å². The number of hydrogen-bond donors (Lipinski definition) is 1. The smallest absolute Gasteiger partial charge is 0.0121 e. The molecule has 0 saturated heterocycles. The third-order valence-corrected chi connectivity index (χ3v) is 4.12. The summed E-state index contributed by atoms with van der Waals surface area (Å²) in [4.78, 5) is 0. The van der Waals surface area contributed by atoms with Crippen LogP contribution in [0.5, 0.6) is 0 Å². The van der Waals surface area contributed by atoms with Crippen molar-refractivity contribution in [3.63, 3.8) is 0 Å². The van der Waals surface area contributed by atoms with Gasteiger partial charge in [-0.15, -0.1) is 0 Å². The van der Waals surface area contributed by atoms with Gasteiger partial charge in [-0.05, 0) is 43.1 Å². The van der Waals surface area contributed by atoms with E-state index in [1.54, 1.807) is 0 Å². The first-order valence-corrected chi connectivity index (χ1v) is 6.79. The topological polar surface area (TPSA) is 12.0 Å². The Labute approximate surface area is 96.0 Å². The van der Waals surface area contributed by atoms with Crippen molar-refractivity contribution in [2.45, 2.75) is 59.9 Å². The molecule has 4 unspecified atom stereocenters. The van der Waals surface area contributed by atoms with Crippen molar-refractivity contribution in [2.24, 2.45) is 23.7 Å². The molecule has 0 bridgehead atoms. The van der Waals surface area contributed by atoms with E-state index in [4.69, 9.17) is 0 Å². The van der Waals surface area contributed by atoms with Crippen molar-refractivity contribution in [2.75, 3.05) is 6.54 Å². The SMILES string of the molecule is CCNC(C(C)C)C1CCC(C)CC1C. The van der Waals surface area contributed by atoms with Gasteiger partial charge >= 0.3 is 0 Å². The summed E-state index contributed by atoms with van der Waals surface area (Å²) in [6.45, 7) is 12.9. The van der Waals surface area contributed by atoms with Crippen LogP contribution < -0.4 is 5.32 Å². The van der Waals surface area contributed by atoms with Crippen LogP contribution in [0.25, 0.3) is 0 Å². The van der Waals surface area contributed by atoms with E-state index in [9.17, 15) is 0 Å². The zero-order valence-electron chi connectivity index (χ0n) is 11.2. The molecule has 0 amide bonds. The summed E-state index contributed by atoms with van der Waals surface area (Å²) in [5.41, 5.74) is 0. The highest BCUT2D eigenvalue weighted by atomic mass is 14.9. The van der Waals surface area contributed by atoms with Gasteiger partial charge in [-0.3, -0.25) is 0 Å². The van der Waals surface area contributed by atoms with Crippen molar-refractivity contribution < 1.29 is 0 Å². The minimum Gasteiger partial charge on any atom is -0.314 e. The van der Waals surface area contributed by atoms with E-state index in [1.165, 1.54) is 19.3 Å². The molecule has 1 saturated carbocycles. The van der Waals surface area contributed by atoms with Crippen LogP contribution in [0.4, 0.5) is 0 Å². The number of rotatable bonds is 4. The van der Waals surface area contributed by atoms with Crippen LogP contribution in [-0.4, -0.2) is 12.6 Å². The molecule has 4 atom stereocenters. The third-order valence-electron chi connectivity index (χ3n) is 4.12. The Morgan fingerprint density at radius 2 is 1.87 bits per heavy atom. The predicted molar refractivity (Wildman–Crippen MR) is 68.0 cm³/mol. The van der Waals surface area contributed by atoms with Crippen LogP contribution in [0, 0.1) is 23.7 Å². The summed E-state index contributed by atoms with van der Waals surface area (Å²) in [6, 6.07) is 0.734. The van der Waals surface area contributed by atoms with Crippen molar-refractivity contribution in [3.8, 4) is 0 Å². The molecular formula is C14H29N. The number of nitrogens with one attached hydrogen (secondary N) is 1. The summed E-state index contributed by atoms with van der Waals surface area (Å²) < 4.78 is 0. The van der Waals surface area contributed by atoms with E-state index < -0.39 is 0 Å². The van der Waals surface area contributed by atoms with Gasteiger partial charge in [-0.2, -0.15) is 0 Å². The Morgan fingerprint density at radius 3 is 2.33 bits per heavy atom. The fourth-order valence-electron chi connectivity index (χ4n) is 3.34. The van der Waals surface area contributed by atoms with Gasteiger partial charge in [-0.25, -0.2) is 0 Å². The molecular weight excluding hydrogens is 182 g/mol. The average molecular weight is 211 g/mol. The van der Waals surface area contributed by atoms with Gasteiger partial charge in [0.15, 0.2) is 0 Å². The predicted octanol–water partition coefficient (Wildman–Crippen LogP) is 3.69. The Morgan fingerprint density at radius 1 is 1.20 bits per heavy atom. The monoisotopic (exact) mass is 211 g/mol. The molecule has 0 aliphatic heterocycles. The van der Waals surface area contributed by atoms with Crippen molar-refractivity contribution >= 4 is 0 Å². The highest BCUT2D eigenvalue weighted by Gasteiger charge is 2.32. The maximum absolute atomic E-state index is 3.70. The van der Waals surface area contributed by atoms with Crippen LogP contribution >= 0.6 is 0 Å². The zero-order chi connectivity index (χ0) is 11.4. The summed E-state index contributed by atoms with van der Waals surface area (Å²) in [6.07, 6.45) is 4.29. The lowest BCUT2D eigenvalue weighted by Crippen LogP contribution is -2.44. The molecule has 1 heteroatoms. The first-order valence-electron chi connectivity index (χ1n) is 6.79. The van der Waals surface area contributed by atoms with Crippen LogP contribution in [-0.2, 0) is 0 Å². The van der Waals surface area contributed by atoms with Crippen LogP contribution in [0.2, 0.25) is 0 Å². The largest absolute Gasteiger partial charge is 0.314 e. The molecule has 1 fully saturated rings. The Kier molecular flexibility index (Phi) is 5.11. The average Bonchev–Trinajstić information content (AvgIpc) is 2.15. The Bertz CT molecular complexity index is 176. The first-order chi connectivity index (χ1) is 7.06. The van der Waals surface area contributed by atoms with Gasteiger partial charge in [0, 0.05) is 6.04 Å². The molecule has 0 spiro atoms. The molecule has 0 radical (unpaired) electrons. The van der Waals surface area contributed by atoms with Gasteiger partial charge in [0.05, 0.1) is 0 Å². The highest BCUT2D eigenvalue weighted by molar-refractivity contribution is 4.86. The summed E-state index contributed by atoms with van der Waals surface area (Å²) in [5, 5.41) is 3.70. The molecule has 1 nitrogen and oxygen atoms in total. The fourth-order valence-corrected chi connectivity index (χ4v) is 3.34. The van der Waals surface area contributed by atoms with E-state index >= 15 is 0 Å². The lowest BCUT2D eigenvalue weighted by atomic mass is 9.70. The lowest BCUT2D eigenvalue weighted by Gasteiger charge is -2.40. The molecule has 90 valence electrons. The zero-order valence-corrected chi connectivity index (χ0v) is 11.2. The molecule has 1 rings (SSSR count). The minimum atomic E-state index is 0.734. The van der Waals surface area contributed by atoms with E-state index in [2.05, 4.69) is 39.9 Å². The Balaban J connectivity index is 2.58. The molecule has 0 heterocycles. The molecule has 1 N–H and O–H groups in total. The lowest BCUT2D eigenvalue weighted by molar-refractivity contribution is 0.136. The summed E-state index contributed by atoms with van der Waals surface area (Å²) in [7, 11) is 0. The third kappa shape index (κ3) is 3.48. The van der Waals surface area contributed by atoms with Crippen LogP contribution in [0.15, 0.2) is 0 Å². The molecule has 0 aromatic carbocycles. The first kappa shape index (κ1) is 13.0.